The van der Waals surface area contributed by atoms with Crippen LogP contribution in [0.25, 0.3) is 0 Å². The van der Waals surface area contributed by atoms with E-state index in [4.69, 9.17) is 11.5 Å². The van der Waals surface area contributed by atoms with E-state index in [9.17, 15) is 25.5 Å². The van der Waals surface area contributed by atoms with Gasteiger partial charge in [-0.15, -0.1) is 0 Å². The Kier molecular flexibility index (Phi) is 9.75. The van der Waals surface area contributed by atoms with Gasteiger partial charge in [-0.2, -0.15) is 0 Å². The van der Waals surface area contributed by atoms with Gasteiger partial charge in [0.1, 0.15) is 6.17 Å². The van der Waals surface area contributed by atoms with Crippen molar-refractivity contribution in [2.45, 2.75) is 211 Å². The van der Waals surface area contributed by atoms with Gasteiger partial charge in [0.2, 0.25) is 0 Å². The maximum atomic E-state index is 15.4. The Hall–Kier alpha value is -1.39. The van der Waals surface area contributed by atoms with E-state index in [1.54, 1.807) is 0 Å². The normalized spacial score (nSPS) is 61.1. The van der Waals surface area contributed by atoms with Crippen LogP contribution in [0.3, 0.4) is 0 Å². The highest BCUT2D eigenvalue weighted by atomic mass is 19.1. The van der Waals surface area contributed by atoms with Crippen molar-refractivity contribution in [3.63, 3.8) is 0 Å². The summed E-state index contributed by atoms with van der Waals surface area (Å²) >= 11 is 0. The number of alkyl halides is 1. The molecule has 360 valence electrons. The summed E-state index contributed by atoms with van der Waals surface area (Å²) in [7, 11) is 0. The van der Waals surface area contributed by atoms with Gasteiger partial charge in [0.25, 0.3) is 0 Å². The average Bonchev–Trinajstić information content (AvgIpc) is 3.80. The smallest absolute Gasteiger partial charge is 0.127 e. The summed E-state index contributed by atoms with van der Waals surface area (Å²) in [6, 6.07) is 0. The van der Waals surface area contributed by atoms with E-state index in [1.165, 1.54) is 22.3 Å². The van der Waals surface area contributed by atoms with Crippen molar-refractivity contribution in [1.82, 2.24) is 0 Å². The first kappa shape index (κ1) is 44.8. The fourth-order valence-corrected chi connectivity index (χ4v) is 22.2. The number of hydrogen-bond acceptors (Lipinski definition) is 7. The minimum absolute atomic E-state index is 0.0219. The molecule has 8 heteroatoms. The van der Waals surface area contributed by atoms with E-state index in [2.05, 4.69) is 65.8 Å². The Bertz CT molecular complexity index is 2140. The van der Waals surface area contributed by atoms with Crippen LogP contribution in [0.1, 0.15) is 164 Å². The number of halogens is 1. The highest BCUT2D eigenvalue weighted by molar-refractivity contribution is 5.47. The summed E-state index contributed by atoms with van der Waals surface area (Å²) in [5.74, 6) is 3.04. The van der Waals surface area contributed by atoms with Gasteiger partial charge in [0, 0.05) is 16.5 Å². The molecule has 24 atom stereocenters. The lowest BCUT2D eigenvalue weighted by molar-refractivity contribution is -0.137. The van der Waals surface area contributed by atoms with Crippen LogP contribution < -0.4 is 11.5 Å². The Morgan fingerprint density at radius 3 is 2.00 bits per heavy atom. The van der Waals surface area contributed by atoms with Crippen molar-refractivity contribution in [2.75, 3.05) is 0 Å². The van der Waals surface area contributed by atoms with Crippen molar-refractivity contribution in [2.24, 2.45) is 103 Å². The molecule has 65 heavy (non-hydrogen) atoms. The van der Waals surface area contributed by atoms with Gasteiger partial charge in [0.15, 0.2) is 0 Å². The highest BCUT2D eigenvalue weighted by Gasteiger charge is 2.73. The van der Waals surface area contributed by atoms with Crippen LogP contribution in [-0.4, -0.2) is 73.3 Å². The molecular weight excluding hydrogens is 812 g/mol. The lowest BCUT2D eigenvalue weighted by atomic mass is 9.39. The third kappa shape index (κ3) is 5.39. The first-order valence-electron chi connectivity index (χ1n) is 27.0. The second-order valence-corrected chi connectivity index (χ2v) is 27.2. The molecule has 0 heterocycles. The van der Waals surface area contributed by atoms with Crippen LogP contribution in [0, 0.1) is 91.7 Å². The maximum absolute atomic E-state index is 15.4. The second-order valence-electron chi connectivity index (χ2n) is 27.2. The van der Waals surface area contributed by atoms with E-state index in [-0.39, 0.29) is 56.9 Å². The van der Waals surface area contributed by atoms with Crippen molar-refractivity contribution >= 4 is 0 Å². The fourth-order valence-electron chi connectivity index (χ4n) is 22.2. The average molecular weight is 897 g/mol. The maximum Gasteiger partial charge on any atom is 0.127 e. The molecule has 8 fully saturated rings. The van der Waals surface area contributed by atoms with Crippen molar-refractivity contribution in [3.05, 3.63) is 46.6 Å². The first-order valence-corrected chi connectivity index (χ1v) is 27.0. The number of aliphatic hydroxyl groups is 5. The zero-order valence-electron chi connectivity index (χ0n) is 40.8. The largest absolute Gasteiger partial charge is 0.393 e. The first-order chi connectivity index (χ1) is 30.6. The SMILES string of the molecule is C[C@]12C(=CC[C@@H]3[C@H]1CC[C@]1(C)C(O)C(F)C[C@@H]31)CC(O)C=C2C1(N)CC[C@H]2[C@@H]3CC=C4CC(O)CC(C5(N)CC[C@H]6[C@@H]7C(O)C=C8CC(O)CC[C@]8(C)[C@@H]7CC[C@@]65C)[C@]4(C)[C@@H]3CC[C@@]21C. The zero-order valence-corrected chi connectivity index (χ0v) is 40.8. The summed E-state index contributed by atoms with van der Waals surface area (Å²) in [5.41, 5.74) is 19.6. The van der Waals surface area contributed by atoms with Crippen molar-refractivity contribution in [3.8, 4) is 0 Å². The molecule has 0 aromatic carbocycles. The van der Waals surface area contributed by atoms with Gasteiger partial charge < -0.3 is 37.0 Å². The Morgan fingerprint density at radius 1 is 0.585 bits per heavy atom. The summed E-state index contributed by atoms with van der Waals surface area (Å²) in [6.45, 7) is 14.6. The molecule has 0 radical (unpaired) electrons. The Balaban J connectivity index is 0.870. The van der Waals surface area contributed by atoms with Gasteiger partial charge in [-0.25, -0.2) is 4.39 Å². The summed E-state index contributed by atoms with van der Waals surface area (Å²) < 4.78 is 15.4. The van der Waals surface area contributed by atoms with E-state index < -0.39 is 47.1 Å². The number of nitrogens with two attached hydrogens (primary N) is 2. The number of aliphatic hydroxyl groups excluding tert-OH is 5. The van der Waals surface area contributed by atoms with Crippen molar-refractivity contribution < 1.29 is 29.9 Å². The molecule has 0 aliphatic heterocycles. The summed E-state index contributed by atoms with van der Waals surface area (Å²) in [6.07, 6.45) is 22.4. The van der Waals surface area contributed by atoms with Crippen LogP contribution in [0.5, 0.6) is 0 Å². The van der Waals surface area contributed by atoms with Gasteiger partial charge in [-0.3, -0.25) is 0 Å². The monoisotopic (exact) mass is 897 g/mol. The van der Waals surface area contributed by atoms with E-state index in [1.807, 2.05) is 0 Å². The van der Waals surface area contributed by atoms with E-state index >= 15 is 4.39 Å². The van der Waals surface area contributed by atoms with E-state index in [0.29, 0.717) is 54.8 Å². The zero-order chi connectivity index (χ0) is 45.8. The minimum Gasteiger partial charge on any atom is -0.393 e. The lowest BCUT2D eigenvalue weighted by Gasteiger charge is -2.67. The molecule has 7 nitrogen and oxygen atoms in total. The lowest BCUT2D eigenvalue weighted by Crippen LogP contribution is -2.69. The molecule has 12 aliphatic carbocycles. The Morgan fingerprint density at radius 2 is 1.23 bits per heavy atom. The summed E-state index contributed by atoms with van der Waals surface area (Å²) in [4.78, 5) is 0. The van der Waals surface area contributed by atoms with E-state index in [0.717, 1.165) is 103 Å². The molecule has 9 N–H and O–H groups in total. The number of rotatable bonds is 2. The number of fused-ring (bicyclic) bond motifs is 15. The van der Waals surface area contributed by atoms with Crippen LogP contribution in [0.4, 0.5) is 4.39 Å². The highest BCUT2D eigenvalue weighted by Crippen LogP contribution is 2.76. The van der Waals surface area contributed by atoms with Crippen LogP contribution in [0.2, 0.25) is 0 Å². The quantitative estimate of drug-likeness (QED) is 0.137. The molecule has 9 unspecified atom stereocenters. The predicted octanol–water partition coefficient (Wildman–Crippen LogP) is 9.00. The molecule has 12 aliphatic rings. The fraction of sp³-hybridized carbons (Fsp3) is 0.860. The predicted molar refractivity (Wildman–Crippen MR) is 252 cm³/mol. The Labute approximate surface area is 389 Å². The molecule has 8 saturated carbocycles. The standard InChI is InChI=1S/C57H85FN2O5/c1-50-17-11-33(61)25-32(50)26-45(64)48-41(50)14-20-53(4)42(48)16-22-57(53,60)47-28-35(63)23-30-7-9-36-38-15-21-56(59,52(38,3)19-13-40(36)55(30,47)6)46-27-34(62)24-31-8-10-37-39(54(31,46)5)12-18-51(2)43(37)29-44(58)49(51)65/h7-8,26-27,33-45,47-49,61-65H,9-25,28-29,59-60H2,1-6H3/t33?,34?,35?,36-,37+,38-,39+,40+,41+,42-,43-,44?,45?,47?,48+,49?,50-,51-,52-,53-,54-,55-,56?,57?/m0/s1. The molecule has 0 saturated heterocycles. The van der Waals surface area contributed by atoms with Gasteiger partial charge >= 0.3 is 0 Å². The molecule has 0 bridgehead atoms. The van der Waals surface area contributed by atoms with Crippen LogP contribution in [-0.2, 0) is 0 Å². The molecule has 0 aromatic heterocycles. The van der Waals surface area contributed by atoms with Crippen molar-refractivity contribution in [1.29, 1.82) is 0 Å². The third-order valence-corrected chi connectivity index (χ3v) is 25.8. The van der Waals surface area contributed by atoms with Gasteiger partial charge in [0.05, 0.1) is 30.5 Å². The second kappa shape index (κ2) is 14.1. The summed E-state index contributed by atoms with van der Waals surface area (Å²) in [5, 5.41) is 57.5. The third-order valence-electron chi connectivity index (χ3n) is 25.8. The molecular formula is C57H85FN2O5. The molecule has 0 amide bonds. The number of hydrogen-bond donors (Lipinski definition) is 7. The van der Waals surface area contributed by atoms with Crippen LogP contribution in [0.15, 0.2) is 46.6 Å². The van der Waals surface area contributed by atoms with Crippen LogP contribution >= 0.6 is 0 Å². The number of allylic oxidation sites excluding steroid dienone is 2. The minimum atomic E-state index is -1.16. The molecule has 0 aromatic rings. The van der Waals surface area contributed by atoms with Gasteiger partial charge in [-0.05, 0) is 214 Å². The molecule has 12 rings (SSSR count). The topological polar surface area (TPSA) is 153 Å². The molecule has 0 spiro atoms. The van der Waals surface area contributed by atoms with Gasteiger partial charge in [-0.1, -0.05) is 82.6 Å².